The maximum atomic E-state index is 11.9. The van der Waals surface area contributed by atoms with Crippen LogP contribution in [0.2, 0.25) is 0 Å². The van der Waals surface area contributed by atoms with Crippen molar-refractivity contribution in [2.75, 3.05) is 19.3 Å². The Morgan fingerprint density at radius 1 is 1.69 bits per heavy atom. The number of carbonyl (C=O) groups excluding carboxylic acids is 1. The van der Waals surface area contributed by atoms with Crippen molar-refractivity contribution in [1.29, 1.82) is 0 Å². The number of β-amino-alcohol motifs (C(OH)–C–C–N with tert-alkyl or cyclic N) is 1. The van der Waals surface area contributed by atoms with Crippen LogP contribution in [0.1, 0.15) is 22.7 Å². The van der Waals surface area contributed by atoms with Crippen LogP contribution in [0.3, 0.4) is 0 Å². The summed E-state index contributed by atoms with van der Waals surface area (Å²) in [4.78, 5) is 13.6. The Morgan fingerprint density at radius 3 is 3.12 bits per heavy atom. The van der Waals surface area contributed by atoms with Crippen molar-refractivity contribution in [3.63, 3.8) is 0 Å². The Morgan fingerprint density at radius 2 is 2.50 bits per heavy atom. The minimum atomic E-state index is -0.385. The SMILES string of the molecule is CSCc1ccc(C(=O)N2CC[C@H](O)C2)o1. The van der Waals surface area contributed by atoms with Gasteiger partial charge in [0.25, 0.3) is 5.91 Å². The molecule has 1 fully saturated rings. The first-order valence-electron chi connectivity index (χ1n) is 5.25. The summed E-state index contributed by atoms with van der Waals surface area (Å²) < 4.78 is 5.44. The predicted molar refractivity (Wildman–Crippen MR) is 62.5 cm³/mol. The van der Waals surface area contributed by atoms with Crippen molar-refractivity contribution in [2.24, 2.45) is 0 Å². The number of rotatable bonds is 3. The third kappa shape index (κ3) is 2.41. The first-order chi connectivity index (χ1) is 7.70. The largest absolute Gasteiger partial charge is 0.455 e. The number of carbonyl (C=O) groups is 1. The summed E-state index contributed by atoms with van der Waals surface area (Å²) in [6, 6.07) is 3.54. The lowest BCUT2D eigenvalue weighted by molar-refractivity contribution is 0.0732. The van der Waals surface area contributed by atoms with Gasteiger partial charge in [-0.3, -0.25) is 4.79 Å². The van der Waals surface area contributed by atoms with Crippen LogP contribution in [0.5, 0.6) is 0 Å². The molecule has 1 aromatic heterocycles. The van der Waals surface area contributed by atoms with E-state index in [0.717, 1.165) is 11.5 Å². The fourth-order valence-electron chi connectivity index (χ4n) is 1.79. The van der Waals surface area contributed by atoms with Crippen LogP contribution in [0, 0.1) is 0 Å². The van der Waals surface area contributed by atoms with Gasteiger partial charge in [-0.05, 0) is 24.8 Å². The van der Waals surface area contributed by atoms with Gasteiger partial charge in [0, 0.05) is 13.1 Å². The van der Waals surface area contributed by atoms with Gasteiger partial charge in [0.15, 0.2) is 5.76 Å². The van der Waals surface area contributed by atoms with Gasteiger partial charge in [-0.2, -0.15) is 11.8 Å². The Bertz CT molecular complexity index is 377. The third-order valence-corrected chi connectivity index (χ3v) is 3.18. The highest BCUT2D eigenvalue weighted by molar-refractivity contribution is 7.97. The summed E-state index contributed by atoms with van der Waals surface area (Å²) >= 11 is 1.65. The van der Waals surface area contributed by atoms with Crippen molar-refractivity contribution < 1.29 is 14.3 Å². The van der Waals surface area contributed by atoms with Gasteiger partial charge < -0.3 is 14.4 Å². The molecule has 1 amide bonds. The lowest BCUT2D eigenvalue weighted by atomic mass is 10.3. The van der Waals surface area contributed by atoms with Crippen LogP contribution >= 0.6 is 11.8 Å². The molecule has 0 spiro atoms. The smallest absolute Gasteiger partial charge is 0.289 e. The molecule has 0 radical (unpaired) electrons. The molecular weight excluding hydrogens is 226 g/mol. The average Bonchev–Trinajstić information content (AvgIpc) is 2.87. The van der Waals surface area contributed by atoms with Crippen molar-refractivity contribution in [1.82, 2.24) is 4.90 Å². The molecular formula is C11H15NO3S. The van der Waals surface area contributed by atoms with Crippen LogP contribution in [0.15, 0.2) is 16.5 Å². The monoisotopic (exact) mass is 241 g/mol. The first-order valence-corrected chi connectivity index (χ1v) is 6.65. The molecule has 1 aliphatic rings. The van der Waals surface area contributed by atoms with E-state index in [1.165, 1.54) is 0 Å². The van der Waals surface area contributed by atoms with Gasteiger partial charge in [0.2, 0.25) is 0 Å². The molecule has 1 saturated heterocycles. The molecule has 4 nitrogen and oxygen atoms in total. The van der Waals surface area contributed by atoms with Gasteiger partial charge in [-0.1, -0.05) is 0 Å². The number of likely N-dealkylation sites (tertiary alicyclic amines) is 1. The van der Waals surface area contributed by atoms with Crippen molar-refractivity contribution in [3.05, 3.63) is 23.7 Å². The standard InChI is InChI=1S/C11H15NO3S/c1-16-7-9-2-3-10(15-9)11(14)12-5-4-8(13)6-12/h2-3,8,13H,4-7H2,1H3/t8-/m0/s1. The minimum absolute atomic E-state index is 0.121. The molecule has 0 bridgehead atoms. The number of hydrogen-bond acceptors (Lipinski definition) is 4. The van der Waals surface area contributed by atoms with Crippen molar-refractivity contribution in [3.8, 4) is 0 Å². The van der Waals surface area contributed by atoms with Crippen LogP contribution in [0.25, 0.3) is 0 Å². The highest BCUT2D eigenvalue weighted by atomic mass is 32.2. The van der Waals surface area contributed by atoms with E-state index >= 15 is 0 Å². The maximum Gasteiger partial charge on any atom is 0.289 e. The zero-order chi connectivity index (χ0) is 11.5. The molecule has 2 rings (SSSR count). The van der Waals surface area contributed by atoms with E-state index in [1.54, 1.807) is 22.7 Å². The summed E-state index contributed by atoms with van der Waals surface area (Å²) in [5.74, 6) is 1.84. The molecule has 0 aliphatic carbocycles. The molecule has 0 unspecified atom stereocenters. The molecule has 88 valence electrons. The summed E-state index contributed by atoms with van der Waals surface area (Å²) in [6.07, 6.45) is 2.26. The molecule has 1 aliphatic heterocycles. The molecule has 16 heavy (non-hydrogen) atoms. The van der Waals surface area contributed by atoms with Crippen LogP contribution in [-0.4, -0.2) is 41.4 Å². The fourth-order valence-corrected chi connectivity index (χ4v) is 2.23. The first kappa shape index (κ1) is 11.5. The Kier molecular flexibility index (Phi) is 3.56. The van der Waals surface area contributed by atoms with E-state index < -0.39 is 0 Å². The van der Waals surface area contributed by atoms with Gasteiger partial charge in [0.1, 0.15) is 5.76 Å². The molecule has 1 N–H and O–H groups in total. The third-order valence-electron chi connectivity index (χ3n) is 2.61. The molecule has 1 aromatic rings. The van der Waals surface area contributed by atoms with Crippen molar-refractivity contribution in [2.45, 2.75) is 18.3 Å². The molecule has 2 heterocycles. The molecule has 0 aromatic carbocycles. The predicted octanol–water partition coefficient (Wildman–Crippen LogP) is 1.35. The van der Waals surface area contributed by atoms with Crippen molar-refractivity contribution >= 4 is 17.7 Å². The van der Waals surface area contributed by atoms with Crippen LogP contribution < -0.4 is 0 Å². The average molecular weight is 241 g/mol. The molecule has 1 atom stereocenters. The van der Waals surface area contributed by atoms with Gasteiger partial charge in [0.05, 0.1) is 11.9 Å². The fraction of sp³-hybridized carbons (Fsp3) is 0.545. The summed E-state index contributed by atoms with van der Waals surface area (Å²) in [6.45, 7) is 1.02. The molecule has 5 heteroatoms. The second-order valence-electron chi connectivity index (χ2n) is 3.89. The highest BCUT2D eigenvalue weighted by Gasteiger charge is 2.27. The van der Waals surface area contributed by atoms with E-state index in [2.05, 4.69) is 0 Å². The zero-order valence-electron chi connectivity index (χ0n) is 9.18. The van der Waals surface area contributed by atoms with E-state index in [9.17, 15) is 9.90 Å². The normalized spacial score (nSPS) is 20.4. The number of nitrogens with zero attached hydrogens (tertiary/aromatic N) is 1. The second kappa shape index (κ2) is 4.93. The number of aliphatic hydroxyl groups is 1. The quantitative estimate of drug-likeness (QED) is 0.868. The van der Waals surface area contributed by atoms with Gasteiger partial charge in [-0.25, -0.2) is 0 Å². The summed E-state index contributed by atoms with van der Waals surface area (Å²) in [5, 5.41) is 9.36. The summed E-state index contributed by atoms with van der Waals surface area (Å²) in [7, 11) is 0. The van der Waals surface area contributed by atoms with E-state index in [1.807, 2.05) is 12.3 Å². The Balaban J connectivity index is 2.03. The lowest BCUT2D eigenvalue weighted by Gasteiger charge is -2.13. The minimum Gasteiger partial charge on any atom is -0.455 e. The van der Waals surface area contributed by atoms with Crippen LogP contribution in [0.4, 0.5) is 0 Å². The second-order valence-corrected chi connectivity index (χ2v) is 4.76. The van der Waals surface area contributed by atoms with Gasteiger partial charge >= 0.3 is 0 Å². The number of thioether (sulfide) groups is 1. The number of amides is 1. The summed E-state index contributed by atoms with van der Waals surface area (Å²) in [5.41, 5.74) is 0. The number of aliphatic hydroxyl groups excluding tert-OH is 1. The van der Waals surface area contributed by atoms with Gasteiger partial charge in [-0.15, -0.1) is 0 Å². The van der Waals surface area contributed by atoms with Crippen LogP contribution in [-0.2, 0) is 5.75 Å². The lowest BCUT2D eigenvalue weighted by Crippen LogP contribution is -2.29. The van der Waals surface area contributed by atoms with E-state index in [4.69, 9.17) is 4.42 Å². The maximum absolute atomic E-state index is 11.9. The Hall–Kier alpha value is -0.940. The van der Waals surface area contributed by atoms with E-state index in [0.29, 0.717) is 25.3 Å². The Labute approximate surface area is 98.6 Å². The number of hydrogen-bond donors (Lipinski definition) is 1. The molecule has 0 saturated carbocycles. The highest BCUT2D eigenvalue weighted by Crippen LogP contribution is 2.17. The zero-order valence-corrected chi connectivity index (χ0v) is 10.00. The van der Waals surface area contributed by atoms with E-state index in [-0.39, 0.29) is 12.0 Å². The number of furan rings is 1. The topological polar surface area (TPSA) is 53.7 Å².